The van der Waals surface area contributed by atoms with Crippen LogP contribution in [0.15, 0.2) is 24.3 Å². The molecule has 1 aromatic carbocycles. The van der Waals surface area contributed by atoms with Gasteiger partial charge in [-0.2, -0.15) is 0 Å². The van der Waals surface area contributed by atoms with E-state index < -0.39 is 12.1 Å². The minimum atomic E-state index is -1.03. The minimum Gasteiger partial charge on any atom is -0.491 e. The summed E-state index contributed by atoms with van der Waals surface area (Å²) in [6.45, 7) is 2.04. The highest BCUT2D eigenvalue weighted by Crippen LogP contribution is 2.14. The molecule has 0 radical (unpaired) electrons. The van der Waals surface area contributed by atoms with Crippen LogP contribution in [0.4, 0.5) is 0 Å². The zero-order chi connectivity index (χ0) is 12.0. The van der Waals surface area contributed by atoms with E-state index in [1.165, 1.54) is 0 Å². The molecule has 1 aromatic rings. The van der Waals surface area contributed by atoms with Crippen LogP contribution in [0, 0.1) is 0 Å². The molecule has 0 bridgehead atoms. The maximum atomic E-state index is 10.3. The number of rotatable bonds is 6. The van der Waals surface area contributed by atoms with Crippen molar-refractivity contribution in [2.75, 3.05) is 6.61 Å². The fourth-order valence-electron chi connectivity index (χ4n) is 1.31. The van der Waals surface area contributed by atoms with Crippen LogP contribution in [0.1, 0.15) is 18.9 Å². The Morgan fingerprint density at radius 2 is 2.25 bits per heavy atom. The minimum absolute atomic E-state index is 0.000528. The van der Waals surface area contributed by atoms with E-state index in [9.17, 15) is 9.90 Å². The fraction of sp³-hybridized carbons (Fsp3) is 0.417. The topological polar surface area (TPSA) is 66.8 Å². The van der Waals surface area contributed by atoms with Crippen LogP contribution in [0.2, 0.25) is 0 Å². The van der Waals surface area contributed by atoms with Gasteiger partial charge in [-0.05, 0) is 24.1 Å². The Morgan fingerprint density at radius 3 is 2.88 bits per heavy atom. The van der Waals surface area contributed by atoms with Gasteiger partial charge in [-0.1, -0.05) is 19.1 Å². The number of hydrogen-bond donors (Lipinski definition) is 2. The molecule has 0 aliphatic rings. The van der Waals surface area contributed by atoms with Gasteiger partial charge < -0.3 is 14.9 Å². The molecule has 0 saturated heterocycles. The number of hydrogen-bond acceptors (Lipinski definition) is 3. The molecule has 4 nitrogen and oxygen atoms in total. The molecule has 0 heterocycles. The summed E-state index contributed by atoms with van der Waals surface area (Å²) in [5, 5.41) is 17.7. The predicted octanol–water partition coefficient (Wildman–Crippen LogP) is 1.46. The molecule has 0 saturated carbocycles. The second-order valence-electron chi connectivity index (χ2n) is 3.56. The number of aliphatic hydroxyl groups is 1. The normalized spacial score (nSPS) is 12.1. The molecule has 0 fully saturated rings. The fourth-order valence-corrected chi connectivity index (χ4v) is 1.31. The SMILES string of the molecule is CCc1cccc(OCC(O)CC(=O)O)c1. The van der Waals surface area contributed by atoms with Crippen molar-refractivity contribution in [2.24, 2.45) is 0 Å². The highest BCUT2D eigenvalue weighted by molar-refractivity contribution is 5.67. The monoisotopic (exact) mass is 224 g/mol. The van der Waals surface area contributed by atoms with Gasteiger partial charge in [-0.25, -0.2) is 0 Å². The molecule has 0 amide bonds. The van der Waals surface area contributed by atoms with Crippen molar-refractivity contribution >= 4 is 5.97 Å². The van der Waals surface area contributed by atoms with Crippen molar-refractivity contribution in [3.05, 3.63) is 29.8 Å². The van der Waals surface area contributed by atoms with Crippen LogP contribution in [0.5, 0.6) is 5.75 Å². The Balaban J connectivity index is 2.44. The first-order chi connectivity index (χ1) is 7.61. The van der Waals surface area contributed by atoms with Gasteiger partial charge in [0, 0.05) is 0 Å². The van der Waals surface area contributed by atoms with E-state index in [2.05, 4.69) is 0 Å². The summed E-state index contributed by atoms with van der Waals surface area (Å²) in [4.78, 5) is 10.3. The highest BCUT2D eigenvalue weighted by atomic mass is 16.5. The molecular formula is C12H16O4. The number of aliphatic hydroxyl groups excluding tert-OH is 1. The summed E-state index contributed by atoms with van der Waals surface area (Å²) in [6, 6.07) is 7.53. The molecule has 0 spiro atoms. The maximum Gasteiger partial charge on any atom is 0.306 e. The lowest BCUT2D eigenvalue weighted by Gasteiger charge is -2.10. The van der Waals surface area contributed by atoms with Gasteiger partial charge in [0.2, 0.25) is 0 Å². The molecule has 0 aromatic heterocycles. The summed E-state index contributed by atoms with van der Waals surface area (Å²) in [5.41, 5.74) is 1.14. The van der Waals surface area contributed by atoms with Crippen molar-refractivity contribution in [3.63, 3.8) is 0 Å². The molecule has 0 aliphatic heterocycles. The average Bonchev–Trinajstić information content (AvgIpc) is 2.26. The van der Waals surface area contributed by atoms with Crippen LogP contribution in [0.25, 0.3) is 0 Å². The molecule has 0 aliphatic carbocycles. The first kappa shape index (κ1) is 12.5. The Kier molecular flexibility index (Phi) is 4.79. The summed E-state index contributed by atoms with van der Waals surface area (Å²) < 4.78 is 5.30. The van der Waals surface area contributed by atoms with Crippen LogP contribution in [-0.4, -0.2) is 28.9 Å². The van der Waals surface area contributed by atoms with E-state index in [1.54, 1.807) is 6.07 Å². The first-order valence-corrected chi connectivity index (χ1v) is 5.23. The van der Waals surface area contributed by atoms with Crippen molar-refractivity contribution < 1.29 is 19.7 Å². The second-order valence-corrected chi connectivity index (χ2v) is 3.56. The summed E-state index contributed by atoms with van der Waals surface area (Å²) >= 11 is 0. The smallest absolute Gasteiger partial charge is 0.306 e. The molecule has 1 atom stereocenters. The lowest BCUT2D eigenvalue weighted by molar-refractivity contribution is -0.139. The van der Waals surface area contributed by atoms with Gasteiger partial charge >= 0.3 is 5.97 Å². The van der Waals surface area contributed by atoms with Crippen LogP contribution < -0.4 is 4.74 Å². The Hall–Kier alpha value is -1.55. The standard InChI is InChI=1S/C12H16O4/c1-2-9-4-3-5-11(6-9)16-8-10(13)7-12(14)15/h3-6,10,13H,2,7-8H2,1H3,(H,14,15). The van der Waals surface area contributed by atoms with E-state index in [0.29, 0.717) is 5.75 Å². The third kappa shape index (κ3) is 4.31. The zero-order valence-corrected chi connectivity index (χ0v) is 9.22. The molecule has 1 unspecified atom stereocenters. The van der Waals surface area contributed by atoms with Gasteiger partial charge in [0.25, 0.3) is 0 Å². The summed E-state index contributed by atoms with van der Waals surface area (Å²) in [5.74, 6) is -0.373. The largest absolute Gasteiger partial charge is 0.491 e. The van der Waals surface area contributed by atoms with Gasteiger partial charge in [0.15, 0.2) is 0 Å². The molecule has 88 valence electrons. The number of ether oxygens (including phenoxy) is 1. The highest BCUT2D eigenvalue weighted by Gasteiger charge is 2.10. The first-order valence-electron chi connectivity index (χ1n) is 5.23. The summed E-state index contributed by atoms with van der Waals surface area (Å²) in [6.07, 6.45) is -0.356. The summed E-state index contributed by atoms with van der Waals surface area (Å²) in [7, 11) is 0. The van der Waals surface area contributed by atoms with Gasteiger partial charge in [0.1, 0.15) is 12.4 Å². The van der Waals surface area contributed by atoms with Crippen LogP contribution >= 0.6 is 0 Å². The lowest BCUT2D eigenvalue weighted by atomic mass is 10.2. The van der Waals surface area contributed by atoms with Crippen molar-refractivity contribution in [1.82, 2.24) is 0 Å². The quantitative estimate of drug-likeness (QED) is 0.767. The Bertz CT molecular complexity index is 349. The van der Waals surface area contributed by atoms with Crippen molar-refractivity contribution in [3.8, 4) is 5.75 Å². The number of carbonyl (C=O) groups is 1. The second kappa shape index (κ2) is 6.12. The molecule has 4 heteroatoms. The van der Waals surface area contributed by atoms with Crippen molar-refractivity contribution in [1.29, 1.82) is 0 Å². The number of carboxylic acids is 1. The molecule has 1 rings (SSSR count). The maximum absolute atomic E-state index is 10.3. The third-order valence-corrected chi connectivity index (χ3v) is 2.16. The van der Waals surface area contributed by atoms with E-state index in [-0.39, 0.29) is 13.0 Å². The molecule has 2 N–H and O–H groups in total. The molecular weight excluding hydrogens is 208 g/mol. The number of aryl methyl sites for hydroxylation is 1. The third-order valence-electron chi connectivity index (χ3n) is 2.16. The molecule has 16 heavy (non-hydrogen) atoms. The number of benzene rings is 1. The Labute approximate surface area is 94.5 Å². The van der Waals surface area contributed by atoms with E-state index in [1.807, 2.05) is 25.1 Å². The van der Waals surface area contributed by atoms with Gasteiger partial charge in [-0.15, -0.1) is 0 Å². The van der Waals surface area contributed by atoms with Crippen LogP contribution in [0.3, 0.4) is 0 Å². The van der Waals surface area contributed by atoms with E-state index in [0.717, 1.165) is 12.0 Å². The zero-order valence-electron chi connectivity index (χ0n) is 9.22. The van der Waals surface area contributed by atoms with Gasteiger partial charge in [0.05, 0.1) is 12.5 Å². The predicted molar refractivity (Wildman–Crippen MR) is 59.6 cm³/mol. The Morgan fingerprint density at radius 1 is 1.50 bits per heavy atom. The van der Waals surface area contributed by atoms with Gasteiger partial charge in [-0.3, -0.25) is 4.79 Å². The average molecular weight is 224 g/mol. The lowest BCUT2D eigenvalue weighted by Crippen LogP contribution is -2.21. The van der Waals surface area contributed by atoms with E-state index >= 15 is 0 Å². The number of carboxylic acid groups (broad SMARTS) is 1. The van der Waals surface area contributed by atoms with Crippen molar-refractivity contribution in [2.45, 2.75) is 25.9 Å². The number of aliphatic carboxylic acids is 1. The van der Waals surface area contributed by atoms with Crippen LogP contribution in [-0.2, 0) is 11.2 Å². The van der Waals surface area contributed by atoms with E-state index in [4.69, 9.17) is 9.84 Å².